The topological polar surface area (TPSA) is 75.3 Å². The van der Waals surface area contributed by atoms with Crippen molar-refractivity contribution in [2.75, 3.05) is 11.8 Å². The summed E-state index contributed by atoms with van der Waals surface area (Å²) in [5.74, 6) is -0.956. The minimum Gasteiger partial charge on any atom is -0.355 e. The Hall–Kier alpha value is -2.41. The van der Waals surface area contributed by atoms with E-state index in [0.29, 0.717) is 11.1 Å². The van der Waals surface area contributed by atoms with E-state index in [9.17, 15) is 17.6 Å². The number of amides is 1. The Balaban J connectivity index is 2.40. The van der Waals surface area contributed by atoms with E-state index in [-0.39, 0.29) is 16.5 Å². The van der Waals surface area contributed by atoms with Gasteiger partial charge in [-0.25, -0.2) is 12.8 Å². The van der Waals surface area contributed by atoms with E-state index >= 15 is 0 Å². The highest BCUT2D eigenvalue weighted by molar-refractivity contribution is 7.92. The van der Waals surface area contributed by atoms with E-state index in [0.717, 1.165) is 12.1 Å². The van der Waals surface area contributed by atoms with Gasteiger partial charge in [-0.2, -0.15) is 0 Å². The van der Waals surface area contributed by atoms with Crippen LogP contribution in [0.25, 0.3) is 0 Å². The van der Waals surface area contributed by atoms with Gasteiger partial charge in [0.05, 0.1) is 10.6 Å². The molecule has 0 aliphatic carbocycles. The van der Waals surface area contributed by atoms with Crippen LogP contribution in [0, 0.1) is 12.7 Å². The first-order valence-corrected chi connectivity index (χ1v) is 7.93. The van der Waals surface area contributed by atoms with E-state index in [1.807, 2.05) is 0 Å². The van der Waals surface area contributed by atoms with Crippen molar-refractivity contribution in [3.05, 3.63) is 59.4 Å². The molecule has 7 heteroatoms. The monoisotopic (exact) mass is 322 g/mol. The van der Waals surface area contributed by atoms with Gasteiger partial charge in [0, 0.05) is 12.6 Å². The summed E-state index contributed by atoms with van der Waals surface area (Å²) in [4.78, 5) is 11.5. The minimum atomic E-state index is -3.93. The van der Waals surface area contributed by atoms with E-state index in [4.69, 9.17) is 0 Å². The molecule has 0 heterocycles. The van der Waals surface area contributed by atoms with Crippen LogP contribution in [0.5, 0.6) is 0 Å². The Kier molecular flexibility index (Phi) is 4.46. The Morgan fingerprint density at radius 3 is 2.45 bits per heavy atom. The summed E-state index contributed by atoms with van der Waals surface area (Å²) >= 11 is 0. The van der Waals surface area contributed by atoms with Crippen LogP contribution in [-0.2, 0) is 10.0 Å². The number of carbonyl (C=O) groups is 1. The van der Waals surface area contributed by atoms with Crippen molar-refractivity contribution in [3.8, 4) is 0 Å². The van der Waals surface area contributed by atoms with E-state index < -0.39 is 15.8 Å². The third-order valence-corrected chi connectivity index (χ3v) is 4.52. The Morgan fingerprint density at radius 1 is 1.14 bits per heavy atom. The van der Waals surface area contributed by atoms with Crippen molar-refractivity contribution in [2.24, 2.45) is 0 Å². The molecule has 0 aromatic heterocycles. The molecular formula is C15H15FN2O3S. The van der Waals surface area contributed by atoms with Gasteiger partial charge in [0.25, 0.3) is 15.9 Å². The molecule has 0 saturated heterocycles. The first kappa shape index (κ1) is 16.0. The molecule has 1 amide bonds. The number of nitrogens with one attached hydrogen (secondary N) is 2. The molecule has 0 radical (unpaired) electrons. The standard InChI is InChI=1S/C15H15FN2O3S/c1-10-13(15(19)17-2)7-4-8-14(10)18-22(20,21)12-6-3-5-11(16)9-12/h3-9,18H,1-2H3,(H,17,19). The van der Waals surface area contributed by atoms with Crippen LogP contribution in [0.3, 0.4) is 0 Å². The van der Waals surface area contributed by atoms with Crippen molar-refractivity contribution in [3.63, 3.8) is 0 Å². The molecule has 0 bridgehead atoms. The normalized spacial score (nSPS) is 11.0. The highest BCUT2D eigenvalue weighted by Gasteiger charge is 2.18. The average molecular weight is 322 g/mol. The number of anilines is 1. The van der Waals surface area contributed by atoms with Gasteiger partial charge >= 0.3 is 0 Å². The summed E-state index contributed by atoms with van der Waals surface area (Å²) < 4.78 is 40.1. The molecule has 0 unspecified atom stereocenters. The summed E-state index contributed by atoms with van der Waals surface area (Å²) in [6, 6.07) is 9.41. The summed E-state index contributed by atoms with van der Waals surface area (Å²) in [6.45, 7) is 1.63. The van der Waals surface area contributed by atoms with Gasteiger partial charge in [-0.3, -0.25) is 9.52 Å². The molecule has 5 nitrogen and oxygen atoms in total. The quantitative estimate of drug-likeness (QED) is 0.907. The molecular weight excluding hydrogens is 307 g/mol. The first-order valence-electron chi connectivity index (χ1n) is 6.45. The molecule has 2 aromatic carbocycles. The van der Waals surface area contributed by atoms with Crippen molar-refractivity contribution in [1.29, 1.82) is 0 Å². The van der Waals surface area contributed by atoms with Crippen LogP contribution in [-0.4, -0.2) is 21.4 Å². The lowest BCUT2D eigenvalue weighted by atomic mass is 10.1. The second kappa shape index (κ2) is 6.15. The molecule has 0 fully saturated rings. The smallest absolute Gasteiger partial charge is 0.262 e. The molecule has 2 N–H and O–H groups in total. The van der Waals surface area contributed by atoms with Gasteiger partial charge in [0.2, 0.25) is 0 Å². The van der Waals surface area contributed by atoms with Crippen LogP contribution >= 0.6 is 0 Å². The number of rotatable bonds is 4. The van der Waals surface area contributed by atoms with Crippen molar-refractivity contribution < 1.29 is 17.6 Å². The maximum atomic E-state index is 13.2. The predicted molar refractivity (Wildman–Crippen MR) is 81.8 cm³/mol. The third-order valence-electron chi connectivity index (χ3n) is 3.16. The lowest BCUT2D eigenvalue weighted by Crippen LogP contribution is -2.20. The zero-order chi connectivity index (χ0) is 16.3. The van der Waals surface area contributed by atoms with E-state index in [1.165, 1.54) is 19.2 Å². The van der Waals surface area contributed by atoms with Crippen LogP contribution in [0.15, 0.2) is 47.4 Å². The summed E-state index contributed by atoms with van der Waals surface area (Å²) in [5, 5.41) is 2.49. The van der Waals surface area contributed by atoms with Gasteiger partial charge in [-0.15, -0.1) is 0 Å². The third kappa shape index (κ3) is 3.25. The van der Waals surface area contributed by atoms with Crippen LogP contribution in [0.4, 0.5) is 10.1 Å². The van der Waals surface area contributed by atoms with Crippen molar-refractivity contribution >= 4 is 21.6 Å². The largest absolute Gasteiger partial charge is 0.355 e. The fraction of sp³-hybridized carbons (Fsp3) is 0.133. The first-order chi connectivity index (χ1) is 10.3. The van der Waals surface area contributed by atoms with Crippen molar-refractivity contribution in [1.82, 2.24) is 5.32 Å². The van der Waals surface area contributed by atoms with Crippen molar-refractivity contribution in [2.45, 2.75) is 11.8 Å². The zero-order valence-electron chi connectivity index (χ0n) is 12.1. The van der Waals surface area contributed by atoms with Crippen LogP contribution in [0.1, 0.15) is 15.9 Å². The summed E-state index contributed by atoms with van der Waals surface area (Å²) in [7, 11) is -2.44. The highest BCUT2D eigenvalue weighted by atomic mass is 32.2. The maximum absolute atomic E-state index is 13.2. The number of carbonyl (C=O) groups excluding carboxylic acids is 1. The number of benzene rings is 2. The van der Waals surface area contributed by atoms with Gasteiger partial charge in [-0.1, -0.05) is 12.1 Å². The molecule has 0 spiro atoms. The van der Waals surface area contributed by atoms with Gasteiger partial charge in [0.1, 0.15) is 5.82 Å². The Labute approximate surface area is 128 Å². The summed E-state index contributed by atoms with van der Waals surface area (Å²) in [6.07, 6.45) is 0. The Bertz CT molecular complexity index is 819. The Morgan fingerprint density at radius 2 is 1.82 bits per heavy atom. The molecule has 0 atom stereocenters. The molecule has 22 heavy (non-hydrogen) atoms. The number of hydrogen-bond donors (Lipinski definition) is 2. The highest BCUT2D eigenvalue weighted by Crippen LogP contribution is 2.22. The molecule has 0 saturated carbocycles. The summed E-state index contributed by atoms with van der Waals surface area (Å²) in [5.41, 5.74) is 1.12. The molecule has 0 aliphatic rings. The van der Waals surface area contributed by atoms with Gasteiger partial charge in [0.15, 0.2) is 0 Å². The predicted octanol–water partition coefficient (Wildman–Crippen LogP) is 2.29. The average Bonchev–Trinajstić information content (AvgIpc) is 2.48. The van der Waals surface area contributed by atoms with Crippen LogP contribution in [0.2, 0.25) is 0 Å². The van der Waals surface area contributed by atoms with E-state index in [1.54, 1.807) is 25.1 Å². The zero-order valence-corrected chi connectivity index (χ0v) is 12.9. The minimum absolute atomic E-state index is 0.183. The fourth-order valence-electron chi connectivity index (χ4n) is 1.96. The number of halogens is 1. The van der Waals surface area contributed by atoms with Gasteiger partial charge in [-0.05, 0) is 42.8 Å². The second-order valence-electron chi connectivity index (χ2n) is 4.62. The van der Waals surface area contributed by atoms with E-state index in [2.05, 4.69) is 10.0 Å². The molecule has 2 aromatic rings. The maximum Gasteiger partial charge on any atom is 0.262 e. The number of sulfonamides is 1. The molecule has 0 aliphatic heterocycles. The molecule has 116 valence electrons. The fourth-order valence-corrected chi connectivity index (χ4v) is 3.12. The molecule has 2 rings (SSSR count). The van der Waals surface area contributed by atoms with Gasteiger partial charge < -0.3 is 5.32 Å². The second-order valence-corrected chi connectivity index (χ2v) is 6.30. The SMILES string of the molecule is CNC(=O)c1cccc(NS(=O)(=O)c2cccc(F)c2)c1C. The lowest BCUT2D eigenvalue weighted by Gasteiger charge is -2.13. The lowest BCUT2D eigenvalue weighted by molar-refractivity contribution is 0.0962. The van der Waals surface area contributed by atoms with Crippen LogP contribution < -0.4 is 10.0 Å². The number of hydrogen-bond acceptors (Lipinski definition) is 3.